The predicted octanol–water partition coefficient (Wildman–Crippen LogP) is 1.12. The highest BCUT2D eigenvalue weighted by Gasteiger charge is 2.15. The first-order valence-corrected chi connectivity index (χ1v) is 6.06. The van der Waals surface area contributed by atoms with Crippen LogP contribution in [0.25, 0.3) is 5.78 Å². The molecular formula is C13H10FN5O2. The van der Waals surface area contributed by atoms with Crippen LogP contribution < -0.4 is 10.9 Å². The molecule has 3 rings (SSSR count). The monoisotopic (exact) mass is 287 g/mol. The molecule has 0 unspecified atom stereocenters. The zero-order valence-corrected chi connectivity index (χ0v) is 10.9. The fraction of sp³-hybridized carbons (Fsp3) is 0.0769. The molecule has 3 aromatic rings. The fourth-order valence-electron chi connectivity index (χ4n) is 1.89. The summed E-state index contributed by atoms with van der Waals surface area (Å²) in [6.07, 6.45) is 1.33. The van der Waals surface area contributed by atoms with Crippen LogP contribution in [0.3, 0.4) is 0 Å². The molecule has 0 aliphatic heterocycles. The van der Waals surface area contributed by atoms with Crippen LogP contribution >= 0.6 is 0 Å². The normalized spacial score (nSPS) is 10.8. The molecule has 1 amide bonds. The van der Waals surface area contributed by atoms with Crippen LogP contribution in [0.4, 0.5) is 10.1 Å². The van der Waals surface area contributed by atoms with Gasteiger partial charge in [-0.25, -0.2) is 14.4 Å². The lowest BCUT2D eigenvalue weighted by Gasteiger charge is -2.07. The number of anilines is 1. The van der Waals surface area contributed by atoms with Crippen molar-refractivity contribution in [2.45, 2.75) is 6.92 Å². The summed E-state index contributed by atoms with van der Waals surface area (Å²) in [4.78, 5) is 32.3. The van der Waals surface area contributed by atoms with Gasteiger partial charge in [0.05, 0.1) is 5.69 Å². The molecular weight excluding hydrogens is 277 g/mol. The van der Waals surface area contributed by atoms with E-state index in [-0.39, 0.29) is 17.0 Å². The third-order valence-corrected chi connectivity index (χ3v) is 2.96. The number of halogens is 1. The first kappa shape index (κ1) is 13.0. The first-order valence-electron chi connectivity index (χ1n) is 6.06. The molecule has 106 valence electrons. The molecule has 8 heteroatoms. The maximum absolute atomic E-state index is 12.8. The highest BCUT2D eigenvalue weighted by Crippen LogP contribution is 2.10. The number of carbonyl (C=O) groups excluding carboxylic acids is 1. The third-order valence-electron chi connectivity index (χ3n) is 2.96. The number of H-pyrrole nitrogens is 1. The minimum atomic E-state index is -0.517. The van der Waals surface area contributed by atoms with Crippen molar-refractivity contribution in [1.82, 2.24) is 19.6 Å². The second kappa shape index (κ2) is 4.82. The largest absolute Gasteiger partial charge is 0.316 e. The van der Waals surface area contributed by atoms with Gasteiger partial charge in [-0.1, -0.05) is 0 Å². The van der Waals surface area contributed by atoms with Gasteiger partial charge in [-0.2, -0.15) is 4.52 Å². The highest BCUT2D eigenvalue weighted by molar-refractivity contribution is 6.04. The van der Waals surface area contributed by atoms with Gasteiger partial charge in [0, 0.05) is 5.56 Å². The van der Waals surface area contributed by atoms with Crippen LogP contribution in [0, 0.1) is 12.7 Å². The second-order valence-corrected chi connectivity index (χ2v) is 4.36. The molecule has 0 spiro atoms. The molecule has 0 fully saturated rings. The van der Waals surface area contributed by atoms with E-state index in [1.807, 2.05) is 0 Å². The first-order chi connectivity index (χ1) is 10.1. The molecule has 0 saturated carbocycles. The minimum Gasteiger partial charge on any atom is -0.316 e. The summed E-state index contributed by atoms with van der Waals surface area (Å²) in [5, 5.41) is 5.10. The Bertz CT molecular complexity index is 882. The summed E-state index contributed by atoms with van der Waals surface area (Å²) < 4.78 is 14.0. The van der Waals surface area contributed by atoms with E-state index in [9.17, 15) is 14.0 Å². The van der Waals surface area contributed by atoms with Crippen LogP contribution in [-0.4, -0.2) is 25.5 Å². The highest BCUT2D eigenvalue weighted by atomic mass is 19.1. The third kappa shape index (κ3) is 2.27. The van der Waals surface area contributed by atoms with Gasteiger partial charge >= 0.3 is 0 Å². The quantitative estimate of drug-likeness (QED) is 0.738. The lowest BCUT2D eigenvalue weighted by molar-refractivity contribution is 0.102. The zero-order chi connectivity index (χ0) is 15.0. The van der Waals surface area contributed by atoms with Gasteiger partial charge in [0.1, 0.15) is 17.8 Å². The van der Waals surface area contributed by atoms with Crippen molar-refractivity contribution in [3.05, 3.63) is 58.0 Å². The Morgan fingerprint density at radius 1 is 1.33 bits per heavy atom. The van der Waals surface area contributed by atoms with Crippen LogP contribution in [-0.2, 0) is 0 Å². The molecule has 0 saturated heterocycles. The summed E-state index contributed by atoms with van der Waals surface area (Å²) in [6.45, 7) is 1.59. The summed E-state index contributed by atoms with van der Waals surface area (Å²) in [7, 11) is 0. The van der Waals surface area contributed by atoms with Crippen LogP contribution in [0.5, 0.6) is 0 Å². The Balaban J connectivity index is 1.99. The van der Waals surface area contributed by atoms with E-state index in [1.165, 1.54) is 30.6 Å². The van der Waals surface area contributed by atoms with Crippen molar-refractivity contribution in [2.75, 3.05) is 5.32 Å². The average molecular weight is 287 g/mol. The van der Waals surface area contributed by atoms with Crippen molar-refractivity contribution in [2.24, 2.45) is 0 Å². The van der Waals surface area contributed by atoms with Crippen molar-refractivity contribution in [3.63, 3.8) is 0 Å². The van der Waals surface area contributed by atoms with Gasteiger partial charge in [0.25, 0.3) is 17.2 Å². The van der Waals surface area contributed by atoms with Gasteiger partial charge in [-0.05, 0) is 31.2 Å². The average Bonchev–Trinajstić information content (AvgIpc) is 2.92. The number of amides is 1. The molecule has 2 aromatic heterocycles. The van der Waals surface area contributed by atoms with Gasteiger partial charge in [-0.15, -0.1) is 0 Å². The number of aromatic nitrogens is 4. The molecule has 7 nitrogen and oxygen atoms in total. The van der Waals surface area contributed by atoms with E-state index < -0.39 is 17.3 Å². The number of carbonyl (C=O) groups is 1. The molecule has 2 heterocycles. The standard InChI is InChI=1S/C13H10FN5O2/c1-7-10(12(21)19-13(17-7)15-6-16-19)18-11(20)8-2-4-9(14)5-3-8/h2-6H,1H3,(H,18,20)(H,15,16,17). The van der Waals surface area contributed by atoms with E-state index in [0.29, 0.717) is 5.69 Å². The summed E-state index contributed by atoms with van der Waals surface area (Å²) in [5.41, 5.74) is 0.170. The van der Waals surface area contributed by atoms with Crippen molar-refractivity contribution >= 4 is 17.4 Å². The number of hydrogen-bond acceptors (Lipinski definition) is 4. The van der Waals surface area contributed by atoms with Gasteiger partial charge < -0.3 is 5.32 Å². The fourth-order valence-corrected chi connectivity index (χ4v) is 1.89. The van der Waals surface area contributed by atoms with Crippen LogP contribution in [0.1, 0.15) is 16.1 Å². The van der Waals surface area contributed by atoms with Crippen molar-refractivity contribution in [3.8, 4) is 0 Å². The number of nitrogens with zero attached hydrogens (tertiary/aromatic N) is 3. The number of fused-ring (bicyclic) bond motifs is 1. The number of aryl methyl sites for hydroxylation is 1. The molecule has 1 aromatic carbocycles. The maximum Gasteiger partial charge on any atom is 0.298 e. The predicted molar refractivity (Wildman–Crippen MR) is 72.7 cm³/mol. The SMILES string of the molecule is Cc1nc2nc[nH]n2c(=O)c1NC(=O)c1ccc(F)cc1. The Labute approximate surface area is 117 Å². The van der Waals surface area contributed by atoms with E-state index in [1.54, 1.807) is 6.92 Å². The molecule has 2 N–H and O–H groups in total. The van der Waals surface area contributed by atoms with E-state index in [4.69, 9.17) is 0 Å². The summed E-state index contributed by atoms with van der Waals surface area (Å²) >= 11 is 0. The topological polar surface area (TPSA) is 92.2 Å². The molecule has 0 radical (unpaired) electrons. The van der Waals surface area contributed by atoms with E-state index in [2.05, 4.69) is 20.4 Å². The smallest absolute Gasteiger partial charge is 0.298 e. The number of hydrogen-bond donors (Lipinski definition) is 2. The molecule has 21 heavy (non-hydrogen) atoms. The molecule has 0 bridgehead atoms. The van der Waals surface area contributed by atoms with Crippen molar-refractivity contribution < 1.29 is 9.18 Å². The Kier molecular flexibility index (Phi) is 2.98. The minimum absolute atomic E-state index is 0.0473. The van der Waals surface area contributed by atoms with Crippen LogP contribution in [0.15, 0.2) is 35.4 Å². The summed E-state index contributed by atoms with van der Waals surface area (Å²) in [6, 6.07) is 5.01. The van der Waals surface area contributed by atoms with Crippen molar-refractivity contribution in [1.29, 1.82) is 0 Å². The zero-order valence-electron chi connectivity index (χ0n) is 10.9. The maximum atomic E-state index is 12.8. The molecule has 0 atom stereocenters. The second-order valence-electron chi connectivity index (χ2n) is 4.36. The molecule has 0 aliphatic rings. The van der Waals surface area contributed by atoms with Gasteiger partial charge in [0.2, 0.25) is 0 Å². The number of nitrogens with one attached hydrogen (secondary N) is 2. The number of aromatic amines is 1. The lowest BCUT2D eigenvalue weighted by atomic mass is 10.2. The molecule has 0 aliphatic carbocycles. The number of benzene rings is 1. The Hall–Kier alpha value is -3.03. The Morgan fingerprint density at radius 3 is 2.76 bits per heavy atom. The van der Waals surface area contributed by atoms with Gasteiger partial charge in [0.15, 0.2) is 0 Å². The summed E-state index contributed by atoms with van der Waals surface area (Å²) in [5.74, 6) is -0.739. The van der Waals surface area contributed by atoms with E-state index >= 15 is 0 Å². The van der Waals surface area contributed by atoms with E-state index in [0.717, 1.165) is 4.52 Å². The Morgan fingerprint density at radius 2 is 2.05 bits per heavy atom. The lowest BCUT2D eigenvalue weighted by Crippen LogP contribution is -2.25. The van der Waals surface area contributed by atoms with Gasteiger partial charge in [-0.3, -0.25) is 14.7 Å². The van der Waals surface area contributed by atoms with Crippen LogP contribution in [0.2, 0.25) is 0 Å². The number of rotatable bonds is 2.